The quantitative estimate of drug-likeness (QED) is 0.651. The average Bonchev–Trinajstić information content (AvgIpc) is 2.38. The third-order valence-corrected chi connectivity index (χ3v) is 3.38. The zero-order chi connectivity index (χ0) is 13.0. The van der Waals surface area contributed by atoms with Crippen molar-refractivity contribution in [3.05, 3.63) is 28.4 Å². The number of piperidine rings is 1. The Hall–Kier alpha value is -1.69. The van der Waals surface area contributed by atoms with Crippen molar-refractivity contribution in [1.29, 1.82) is 0 Å². The van der Waals surface area contributed by atoms with Gasteiger partial charge in [-0.05, 0) is 45.0 Å². The summed E-state index contributed by atoms with van der Waals surface area (Å²) in [6.07, 6.45) is 3.83. The molecule has 0 spiro atoms. The zero-order valence-electron chi connectivity index (χ0n) is 10.5. The lowest BCUT2D eigenvalue weighted by atomic mass is 9.97. The molecule has 0 aromatic carbocycles. The summed E-state index contributed by atoms with van der Waals surface area (Å²) in [5.74, 6) is 0.948. The monoisotopic (exact) mass is 250 g/mol. The molecule has 18 heavy (non-hydrogen) atoms. The molecule has 2 rings (SSSR count). The van der Waals surface area contributed by atoms with Gasteiger partial charge in [-0.25, -0.2) is 4.98 Å². The van der Waals surface area contributed by atoms with Gasteiger partial charge in [-0.3, -0.25) is 10.1 Å². The minimum Gasteiger partial charge on any atom is -0.364 e. The van der Waals surface area contributed by atoms with E-state index in [-0.39, 0.29) is 5.69 Å². The van der Waals surface area contributed by atoms with Crippen molar-refractivity contribution in [3.63, 3.8) is 0 Å². The minimum absolute atomic E-state index is 0.0467. The summed E-state index contributed by atoms with van der Waals surface area (Å²) in [7, 11) is 2.12. The van der Waals surface area contributed by atoms with Crippen molar-refractivity contribution in [2.24, 2.45) is 5.92 Å². The second-order valence-corrected chi connectivity index (χ2v) is 4.76. The van der Waals surface area contributed by atoms with Gasteiger partial charge in [0.25, 0.3) is 0 Å². The second-order valence-electron chi connectivity index (χ2n) is 4.76. The van der Waals surface area contributed by atoms with Crippen LogP contribution in [-0.4, -0.2) is 41.5 Å². The van der Waals surface area contributed by atoms with Crippen LogP contribution in [0.1, 0.15) is 12.8 Å². The largest absolute Gasteiger partial charge is 0.364 e. The van der Waals surface area contributed by atoms with Crippen molar-refractivity contribution in [2.45, 2.75) is 12.8 Å². The zero-order valence-corrected chi connectivity index (χ0v) is 10.5. The maximum absolute atomic E-state index is 10.8. The highest BCUT2D eigenvalue weighted by Gasteiger charge is 2.19. The summed E-state index contributed by atoms with van der Waals surface area (Å²) in [4.78, 5) is 16.8. The lowest BCUT2D eigenvalue weighted by Crippen LogP contribution is -2.33. The number of hydrogen-bond donors (Lipinski definition) is 1. The number of rotatable bonds is 4. The van der Waals surface area contributed by atoms with E-state index < -0.39 is 4.92 Å². The van der Waals surface area contributed by atoms with Crippen LogP contribution < -0.4 is 5.32 Å². The topological polar surface area (TPSA) is 71.3 Å². The molecule has 0 radical (unpaired) electrons. The van der Waals surface area contributed by atoms with Crippen LogP contribution in [-0.2, 0) is 0 Å². The number of pyridine rings is 1. The first-order valence-corrected chi connectivity index (χ1v) is 6.18. The molecule has 1 aromatic heterocycles. The number of aromatic nitrogens is 1. The Bertz CT molecular complexity index is 416. The standard InChI is InChI=1S/C12H18N4O2/c1-15-7-4-10(5-8-15)9-14-12-11(16(17)18)3-2-6-13-12/h2-3,6,10H,4-5,7-9H2,1H3,(H,13,14). The van der Waals surface area contributed by atoms with E-state index in [1.807, 2.05) is 0 Å². The molecule has 6 heteroatoms. The number of nitrogens with zero attached hydrogens (tertiary/aromatic N) is 3. The second kappa shape index (κ2) is 5.77. The lowest BCUT2D eigenvalue weighted by molar-refractivity contribution is -0.384. The van der Waals surface area contributed by atoms with Gasteiger partial charge in [0.2, 0.25) is 5.82 Å². The number of anilines is 1. The molecular formula is C12H18N4O2. The highest BCUT2D eigenvalue weighted by Crippen LogP contribution is 2.22. The maximum atomic E-state index is 10.8. The minimum atomic E-state index is -0.399. The highest BCUT2D eigenvalue weighted by molar-refractivity contribution is 5.54. The fraction of sp³-hybridized carbons (Fsp3) is 0.583. The molecule has 2 heterocycles. The van der Waals surface area contributed by atoms with Crippen molar-refractivity contribution < 1.29 is 4.92 Å². The maximum Gasteiger partial charge on any atom is 0.311 e. The van der Waals surface area contributed by atoms with E-state index in [1.165, 1.54) is 6.07 Å². The molecular weight excluding hydrogens is 232 g/mol. The van der Waals surface area contributed by atoms with Crippen LogP contribution in [0, 0.1) is 16.0 Å². The predicted octanol–water partition coefficient (Wildman–Crippen LogP) is 1.74. The Labute approximate surface area is 106 Å². The summed E-state index contributed by atoms with van der Waals surface area (Å²) in [5, 5.41) is 13.9. The van der Waals surface area contributed by atoms with Crippen LogP contribution in [0.5, 0.6) is 0 Å². The summed E-state index contributed by atoms with van der Waals surface area (Å²) in [6.45, 7) is 2.94. The van der Waals surface area contributed by atoms with Crippen LogP contribution in [0.3, 0.4) is 0 Å². The van der Waals surface area contributed by atoms with Crippen LogP contribution in [0.25, 0.3) is 0 Å². The van der Waals surface area contributed by atoms with Gasteiger partial charge in [-0.2, -0.15) is 0 Å². The van der Waals surface area contributed by atoms with Gasteiger partial charge in [0.05, 0.1) is 4.92 Å². The number of hydrogen-bond acceptors (Lipinski definition) is 5. The Morgan fingerprint density at radius 3 is 2.94 bits per heavy atom. The molecule has 1 saturated heterocycles. The average molecular weight is 250 g/mol. The predicted molar refractivity (Wildman–Crippen MR) is 69.6 cm³/mol. The Kier molecular flexibility index (Phi) is 4.09. The fourth-order valence-electron chi connectivity index (χ4n) is 2.19. The SMILES string of the molecule is CN1CCC(CNc2ncccc2[N+](=O)[O-])CC1. The summed E-state index contributed by atoms with van der Waals surface area (Å²) in [6, 6.07) is 3.06. The number of nitrogens with one attached hydrogen (secondary N) is 1. The molecule has 1 fully saturated rings. The van der Waals surface area contributed by atoms with Gasteiger partial charge in [0.15, 0.2) is 0 Å². The van der Waals surface area contributed by atoms with Gasteiger partial charge in [0, 0.05) is 18.8 Å². The molecule has 98 valence electrons. The molecule has 0 atom stereocenters. The molecule has 1 aromatic rings. The van der Waals surface area contributed by atoms with Crippen LogP contribution in [0.15, 0.2) is 18.3 Å². The first-order chi connectivity index (χ1) is 8.66. The summed E-state index contributed by atoms with van der Waals surface area (Å²) in [5.41, 5.74) is 0.0467. The summed E-state index contributed by atoms with van der Waals surface area (Å²) >= 11 is 0. The van der Waals surface area contributed by atoms with Crippen molar-refractivity contribution in [1.82, 2.24) is 9.88 Å². The van der Waals surface area contributed by atoms with E-state index in [0.29, 0.717) is 11.7 Å². The van der Waals surface area contributed by atoms with Crippen molar-refractivity contribution >= 4 is 11.5 Å². The van der Waals surface area contributed by atoms with Gasteiger partial charge in [0.1, 0.15) is 0 Å². The van der Waals surface area contributed by atoms with Crippen LogP contribution in [0.2, 0.25) is 0 Å². The first kappa shape index (κ1) is 12.8. The number of likely N-dealkylation sites (tertiary alicyclic amines) is 1. The fourth-order valence-corrected chi connectivity index (χ4v) is 2.19. The molecule has 0 unspecified atom stereocenters. The Balaban J connectivity index is 1.92. The van der Waals surface area contributed by atoms with E-state index in [1.54, 1.807) is 12.3 Å². The van der Waals surface area contributed by atoms with Gasteiger partial charge < -0.3 is 10.2 Å². The molecule has 0 bridgehead atoms. The molecule has 6 nitrogen and oxygen atoms in total. The molecule has 0 saturated carbocycles. The highest BCUT2D eigenvalue weighted by atomic mass is 16.6. The molecule has 0 aliphatic carbocycles. The van der Waals surface area contributed by atoms with Crippen LogP contribution in [0.4, 0.5) is 11.5 Å². The third-order valence-electron chi connectivity index (χ3n) is 3.38. The smallest absolute Gasteiger partial charge is 0.311 e. The summed E-state index contributed by atoms with van der Waals surface area (Å²) < 4.78 is 0. The molecule has 1 N–H and O–H groups in total. The van der Waals surface area contributed by atoms with E-state index >= 15 is 0 Å². The van der Waals surface area contributed by atoms with E-state index in [9.17, 15) is 10.1 Å². The van der Waals surface area contributed by atoms with Gasteiger partial charge >= 0.3 is 5.69 Å². The normalized spacial score (nSPS) is 17.6. The van der Waals surface area contributed by atoms with Crippen molar-refractivity contribution in [3.8, 4) is 0 Å². The lowest BCUT2D eigenvalue weighted by Gasteiger charge is -2.28. The molecule has 1 aliphatic rings. The first-order valence-electron chi connectivity index (χ1n) is 6.18. The van der Waals surface area contributed by atoms with E-state index in [0.717, 1.165) is 32.5 Å². The van der Waals surface area contributed by atoms with Gasteiger partial charge in [-0.1, -0.05) is 0 Å². The van der Waals surface area contributed by atoms with Crippen LogP contribution >= 0.6 is 0 Å². The van der Waals surface area contributed by atoms with E-state index in [2.05, 4.69) is 22.2 Å². The van der Waals surface area contributed by atoms with Gasteiger partial charge in [-0.15, -0.1) is 0 Å². The van der Waals surface area contributed by atoms with E-state index in [4.69, 9.17) is 0 Å². The third kappa shape index (κ3) is 3.16. The van der Waals surface area contributed by atoms with Crippen molar-refractivity contribution in [2.75, 3.05) is 32.0 Å². The molecule has 1 aliphatic heterocycles. The number of nitro groups is 1. The molecule has 0 amide bonds. The Morgan fingerprint density at radius 2 is 2.28 bits per heavy atom. The Morgan fingerprint density at radius 1 is 1.56 bits per heavy atom.